The molecule has 1 aromatic rings. The van der Waals surface area contributed by atoms with Gasteiger partial charge in [0.2, 0.25) is 0 Å². The smallest absolute Gasteiger partial charge is 0.550 e. The van der Waals surface area contributed by atoms with Gasteiger partial charge in [0.05, 0.1) is 6.42 Å². The van der Waals surface area contributed by atoms with Gasteiger partial charge in [-0.15, -0.1) is 0 Å². The number of fused-ring (bicyclic) bond motifs is 7. The molecule has 7 heteroatoms. The number of esters is 1. The van der Waals surface area contributed by atoms with Crippen LogP contribution < -0.4 is 0 Å². The lowest BCUT2D eigenvalue weighted by Crippen LogP contribution is -2.66. The number of hydrogen-bond acceptors (Lipinski definition) is 4. The summed E-state index contributed by atoms with van der Waals surface area (Å²) in [5.41, 5.74) is -0.527. The molecular formula is C44H63FO6+2. The van der Waals surface area contributed by atoms with Crippen LogP contribution in [0.5, 0.6) is 0 Å². The van der Waals surface area contributed by atoms with E-state index >= 15 is 0 Å². The summed E-state index contributed by atoms with van der Waals surface area (Å²) >= 11 is 0. The van der Waals surface area contributed by atoms with Crippen LogP contribution in [0, 0.1) is 85.7 Å². The third-order valence-corrected chi connectivity index (χ3v) is 16.4. The lowest BCUT2D eigenvalue weighted by molar-refractivity contribution is -0.248. The van der Waals surface area contributed by atoms with Gasteiger partial charge in [0.15, 0.2) is 0 Å². The van der Waals surface area contributed by atoms with Gasteiger partial charge in [-0.2, -0.15) is 0 Å². The second kappa shape index (κ2) is 12.6. The molecule has 0 amide bonds. The van der Waals surface area contributed by atoms with Crippen molar-refractivity contribution >= 4 is 17.9 Å². The maximum Gasteiger partial charge on any atom is 0.550 e. The predicted molar refractivity (Wildman–Crippen MR) is 197 cm³/mol. The van der Waals surface area contributed by atoms with Crippen molar-refractivity contribution in [3.05, 3.63) is 35.1 Å². The van der Waals surface area contributed by atoms with Crippen LogP contribution >= 0.6 is 0 Å². The lowest BCUT2D eigenvalue weighted by Gasteiger charge is -2.72. The molecule has 0 saturated heterocycles. The Kier molecular flexibility index (Phi) is 9.37. The zero-order valence-corrected chi connectivity index (χ0v) is 32.6. The molecule has 5 fully saturated rings. The third-order valence-electron chi connectivity index (χ3n) is 16.4. The van der Waals surface area contributed by atoms with E-state index in [4.69, 9.17) is 14.9 Å². The normalized spacial score (nSPS) is 39.7. The average Bonchev–Trinajstić information content (AvgIpc) is 3.41. The second-order valence-electron chi connectivity index (χ2n) is 19.8. The highest BCUT2D eigenvalue weighted by molar-refractivity contribution is 5.90. The molecule has 280 valence electrons. The van der Waals surface area contributed by atoms with E-state index in [-0.39, 0.29) is 51.1 Å². The highest BCUT2D eigenvalue weighted by atomic mass is 19.1. The number of carbonyl (C=O) groups excluding carboxylic acids is 3. The molecule has 0 radical (unpaired) electrons. The molecule has 51 heavy (non-hydrogen) atoms. The molecule has 0 bridgehead atoms. The van der Waals surface area contributed by atoms with Gasteiger partial charge in [0, 0.05) is 26.0 Å². The van der Waals surface area contributed by atoms with Crippen LogP contribution in [0.4, 0.5) is 4.39 Å². The maximum absolute atomic E-state index is 14.4. The number of ether oxygens (including phenoxy) is 1. The first-order chi connectivity index (χ1) is 23.6. The van der Waals surface area contributed by atoms with Crippen LogP contribution in [-0.4, -0.2) is 34.2 Å². The van der Waals surface area contributed by atoms with Crippen molar-refractivity contribution in [1.82, 2.24) is 0 Å². The molecule has 10 atom stereocenters. The summed E-state index contributed by atoms with van der Waals surface area (Å²) in [7, 11) is 0. The molecule has 4 N–H and O–H groups in total. The Morgan fingerprint density at radius 1 is 0.902 bits per heavy atom. The summed E-state index contributed by atoms with van der Waals surface area (Å²) in [6, 6.07) is 3.96. The van der Waals surface area contributed by atoms with Gasteiger partial charge in [-0.3, -0.25) is 4.79 Å². The van der Waals surface area contributed by atoms with Crippen molar-refractivity contribution in [1.29, 1.82) is 0 Å². The molecule has 6 rings (SSSR count). The van der Waals surface area contributed by atoms with Crippen molar-refractivity contribution in [3.8, 4) is 11.8 Å². The van der Waals surface area contributed by atoms with Gasteiger partial charge >= 0.3 is 17.9 Å². The number of carbonyl (C=O) groups is 3. The standard InChI is InChI=1S/C44H61FO6/c1-26(2)29-15-21-44(20-14-27-24-28(45)10-11-30(27)37(47)48)23-22-42(8)31(36(29)44)12-13-33-41(7)18-17-34(51-35(46)25-39(3,4)38(49)50)40(5,6)32(41)16-19-43(33,42)9/h10-11,24,26,29,31-34,36H,12-13,15-19,21-23,25H2,1-9H3,(H,47,48)(H,49,50)/p+2/t29-,31?,32?,33?,34-,36?,41-,42+,43+,44?/m0/s1. The molecule has 5 unspecified atom stereocenters. The monoisotopic (exact) mass is 706 g/mol. The maximum atomic E-state index is 14.4. The Morgan fingerprint density at radius 3 is 2.25 bits per heavy atom. The van der Waals surface area contributed by atoms with Crippen LogP contribution in [0.2, 0.25) is 0 Å². The topological polar surface area (TPSA) is 106 Å². The first-order valence-electron chi connectivity index (χ1n) is 19.7. The zero-order valence-electron chi connectivity index (χ0n) is 32.6. The minimum absolute atomic E-state index is 0.0690. The largest absolute Gasteiger partial charge is 0.564 e. The lowest BCUT2D eigenvalue weighted by atomic mass is 9.32. The van der Waals surface area contributed by atoms with E-state index in [0.29, 0.717) is 41.1 Å². The summed E-state index contributed by atoms with van der Waals surface area (Å²) in [6.07, 6.45) is 10.4. The average molecular weight is 707 g/mol. The number of rotatable bonds is 6. The van der Waals surface area contributed by atoms with Crippen LogP contribution in [0.3, 0.4) is 0 Å². The third kappa shape index (κ3) is 5.84. The fourth-order valence-corrected chi connectivity index (χ4v) is 13.5. The molecule has 5 saturated carbocycles. The van der Waals surface area contributed by atoms with E-state index in [2.05, 4.69) is 60.3 Å². The Morgan fingerprint density at radius 2 is 1.61 bits per heavy atom. The molecule has 5 aliphatic carbocycles. The number of halogens is 1. The predicted octanol–water partition coefficient (Wildman–Crippen LogP) is 8.36. The van der Waals surface area contributed by atoms with Crippen molar-refractivity contribution in [2.45, 2.75) is 139 Å². The van der Waals surface area contributed by atoms with Gasteiger partial charge in [0.1, 0.15) is 22.9 Å². The molecule has 1 aromatic carbocycles. The minimum atomic E-state index is -1.05. The van der Waals surface area contributed by atoms with Crippen molar-refractivity contribution < 1.29 is 33.7 Å². The van der Waals surface area contributed by atoms with Crippen molar-refractivity contribution in [2.75, 3.05) is 0 Å². The second-order valence-corrected chi connectivity index (χ2v) is 19.8. The molecule has 6 nitrogen and oxygen atoms in total. The molecule has 0 heterocycles. The fraction of sp³-hybridized carbons (Fsp3) is 0.750. The van der Waals surface area contributed by atoms with Gasteiger partial charge < -0.3 is 14.9 Å². The summed E-state index contributed by atoms with van der Waals surface area (Å²) in [4.78, 5) is 37.1. The Balaban J connectivity index is 1.30. The van der Waals surface area contributed by atoms with E-state index in [1.807, 2.05) is 0 Å². The number of hydrogen-bond donors (Lipinski definition) is 0. The Bertz CT molecular complexity index is 1650. The van der Waals surface area contributed by atoms with Crippen LogP contribution in [-0.2, 0) is 14.3 Å². The summed E-state index contributed by atoms with van der Waals surface area (Å²) in [5.74, 6) is 7.66. The molecule has 0 spiro atoms. The van der Waals surface area contributed by atoms with Gasteiger partial charge in [0.25, 0.3) is 0 Å². The molecule has 0 aliphatic heterocycles. The summed E-state index contributed by atoms with van der Waals surface area (Å²) in [5, 5.41) is 15.3. The van der Waals surface area contributed by atoms with Gasteiger partial charge in [-0.05, 0) is 148 Å². The summed E-state index contributed by atoms with van der Waals surface area (Å²) < 4.78 is 20.6. The highest BCUT2D eigenvalue weighted by Gasteiger charge is 2.71. The van der Waals surface area contributed by atoms with E-state index in [1.165, 1.54) is 31.0 Å². The quantitative estimate of drug-likeness (QED) is 0.168. The van der Waals surface area contributed by atoms with Crippen LogP contribution in [0.1, 0.15) is 149 Å². The first-order valence-corrected chi connectivity index (χ1v) is 19.7. The number of benzene rings is 1. The van der Waals surface area contributed by atoms with Gasteiger partial charge in [-0.1, -0.05) is 60.3 Å². The van der Waals surface area contributed by atoms with Gasteiger partial charge in [-0.25, -0.2) is 4.39 Å². The Hall–Kier alpha value is -2.88. The Labute approximate surface area is 305 Å². The minimum Gasteiger partial charge on any atom is -0.564 e. The fourth-order valence-electron chi connectivity index (χ4n) is 13.5. The zero-order chi connectivity index (χ0) is 37.5. The highest BCUT2D eigenvalue weighted by Crippen LogP contribution is 2.77. The van der Waals surface area contributed by atoms with E-state index < -0.39 is 23.2 Å². The first kappa shape index (κ1) is 37.9. The molecule has 0 aromatic heterocycles. The van der Waals surface area contributed by atoms with Crippen LogP contribution in [0.15, 0.2) is 18.2 Å². The summed E-state index contributed by atoms with van der Waals surface area (Å²) in [6.45, 7) is 20.4. The molecular weight excluding hydrogens is 643 g/mol. The van der Waals surface area contributed by atoms with E-state index in [0.717, 1.165) is 51.4 Å². The SMILES string of the molecule is CC(C)[C@@H]1CCC2(C#Cc3cc(F)ccc3C(=O)[OH2+])CC[C@]3(C)C(CCC4[C@@]5(C)CC[C@H](OC(=O)CC(C)(C)C(=O)[OH2+])C(C)(C)C5CC[C@]43C)C12. The van der Waals surface area contributed by atoms with E-state index in [1.54, 1.807) is 13.8 Å². The van der Waals surface area contributed by atoms with Crippen molar-refractivity contribution in [3.63, 3.8) is 0 Å². The van der Waals surface area contributed by atoms with Crippen molar-refractivity contribution in [2.24, 2.45) is 68.0 Å². The van der Waals surface area contributed by atoms with E-state index in [9.17, 15) is 18.8 Å². The van der Waals surface area contributed by atoms with Crippen LogP contribution in [0.25, 0.3) is 0 Å². The molecule has 5 aliphatic rings.